The third-order valence-corrected chi connectivity index (χ3v) is 4.20. The Kier molecular flexibility index (Phi) is 6.51. The lowest BCUT2D eigenvalue weighted by Gasteiger charge is -2.03. The molecule has 0 aliphatic heterocycles. The number of nitrogens with zero attached hydrogens (tertiary/aromatic N) is 2. The first-order valence-electron chi connectivity index (χ1n) is 7.32. The number of carbonyl (C=O) groups is 1. The Morgan fingerprint density at radius 1 is 1.17 bits per heavy atom. The molecule has 2 aromatic carbocycles. The van der Waals surface area contributed by atoms with E-state index in [9.17, 15) is 14.9 Å². The second kappa shape index (κ2) is 8.83. The van der Waals surface area contributed by atoms with Gasteiger partial charge in [0.05, 0.1) is 10.6 Å². The molecule has 0 aliphatic carbocycles. The summed E-state index contributed by atoms with van der Waals surface area (Å²) >= 11 is 1.61. The Hall–Kier alpha value is -2.67. The lowest BCUT2D eigenvalue weighted by molar-refractivity contribution is -0.384. The van der Waals surface area contributed by atoms with E-state index >= 15 is 0 Å². The Bertz CT molecular complexity index is 731. The van der Waals surface area contributed by atoms with Crippen LogP contribution in [0.2, 0.25) is 0 Å². The molecule has 1 amide bonds. The van der Waals surface area contributed by atoms with Gasteiger partial charge in [-0.05, 0) is 36.8 Å². The van der Waals surface area contributed by atoms with E-state index in [1.165, 1.54) is 12.1 Å². The second-order valence-electron chi connectivity index (χ2n) is 4.95. The Labute approximate surface area is 144 Å². The van der Waals surface area contributed by atoms with Crippen LogP contribution in [0.15, 0.2) is 64.6 Å². The molecule has 0 saturated carbocycles. The van der Waals surface area contributed by atoms with E-state index in [-0.39, 0.29) is 11.6 Å². The zero-order chi connectivity index (χ0) is 17.4. The van der Waals surface area contributed by atoms with E-state index in [2.05, 4.69) is 10.5 Å². The predicted octanol–water partition coefficient (Wildman–Crippen LogP) is 3.62. The summed E-state index contributed by atoms with van der Waals surface area (Å²) in [6, 6.07) is 15.9. The molecule has 0 atom stereocenters. The van der Waals surface area contributed by atoms with Gasteiger partial charge < -0.3 is 0 Å². The van der Waals surface area contributed by atoms with Crippen molar-refractivity contribution >= 4 is 29.1 Å². The third kappa shape index (κ3) is 5.51. The quantitative estimate of drug-likeness (QED) is 0.360. The summed E-state index contributed by atoms with van der Waals surface area (Å²) < 4.78 is 0. The van der Waals surface area contributed by atoms with Crippen LogP contribution in [0, 0.1) is 10.1 Å². The number of thioether (sulfide) groups is 1. The summed E-state index contributed by atoms with van der Waals surface area (Å²) in [5.74, 6) is 0.502. The largest absolute Gasteiger partial charge is 0.273 e. The molecule has 0 radical (unpaired) electrons. The number of nitro benzene ring substituents is 1. The molecule has 6 nitrogen and oxygen atoms in total. The molecule has 2 aromatic rings. The van der Waals surface area contributed by atoms with Gasteiger partial charge in [0.1, 0.15) is 0 Å². The number of amides is 1. The van der Waals surface area contributed by atoms with E-state index < -0.39 is 4.92 Å². The highest BCUT2D eigenvalue weighted by Gasteiger charge is 2.06. The summed E-state index contributed by atoms with van der Waals surface area (Å²) in [5.41, 5.74) is 3.84. The van der Waals surface area contributed by atoms with Gasteiger partial charge in [0.25, 0.3) is 5.69 Å². The SMILES string of the molecule is C/C(=N/NC(=O)CCSc1ccccc1)c1ccc([N+](=O)[O-])cc1. The minimum absolute atomic E-state index is 0.0218. The summed E-state index contributed by atoms with van der Waals surface area (Å²) in [4.78, 5) is 23.1. The standard InChI is InChI=1S/C17H17N3O3S/c1-13(14-7-9-15(10-8-14)20(22)23)18-19-17(21)11-12-24-16-5-3-2-4-6-16/h2-10H,11-12H2,1H3,(H,19,21)/b18-13-. The van der Waals surface area contributed by atoms with Crippen LogP contribution in [0.5, 0.6) is 0 Å². The topological polar surface area (TPSA) is 84.6 Å². The molecule has 0 spiro atoms. The van der Waals surface area contributed by atoms with Crippen molar-refractivity contribution in [3.05, 3.63) is 70.3 Å². The molecular formula is C17H17N3O3S. The van der Waals surface area contributed by atoms with Crippen molar-refractivity contribution in [2.24, 2.45) is 5.10 Å². The summed E-state index contributed by atoms with van der Waals surface area (Å²) in [5, 5.41) is 14.6. The van der Waals surface area contributed by atoms with Crippen LogP contribution in [0.4, 0.5) is 5.69 Å². The van der Waals surface area contributed by atoms with Crippen molar-refractivity contribution < 1.29 is 9.72 Å². The molecule has 0 fully saturated rings. The zero-order valence-electron chi connectivity index (χ0n) is 13.1. The van der Waals surface area contributed by atoms with Crippen molar-refractivity contribution in [1.29, 1.82) is 0 Å². The molecule has 7 heteroatoms. The average molecular weight is 343 g/mol. The molecule has 2 rings (SSSR count). The number of carbonyl (C=O) groups excluding carboxylic acids is 1. The summed E-state index contributed by atoms with van der Waals surface area (Å²) in [7, 11) is 0. The maximum Gasteiger partial charge on any atom is 0.269 e. The third-order valence-electron chi connectivity index (χ3n) is 3.19. The van der Waals surface area contributed by atoms with Gasteiger partial charge in [-0.15, -0.1) is 11.8 Å². The predicted molar refractivity (Wildman–Crippen MR) is 95.2 cm³/mol. The first-order valence-corrected chi connectivity index (χ1v) is 8.30. The highest BCUT2D eigenvalue weighted by Crippen LogP contribution is 2.17. The minimum atomic E-state index is -0.456. The van der Waals surface area contributed by atoms with E-state index in [1.54, 1.807) is 30.8 Å². The molecule has 0 saturated heterocycles. The molecular weight excluding hydrogens is 326 g/mol. The lowest BCUT2D eigenvalue weighted by Crippen LogP contribution is -2.19. The molecule has 1 N–H and O–H groups in total. The Morgan fingerprint density at radius 3 is 2.46 bits per heavy atom. The summed E-state index contributed by atoms with van der Waals surface area (Å²) in [6.45, 7) is 1.74. The Balaban J connectivity index is 1.80. The van der Waals surface area contributed by atoms with Gasteiger partial charge in [-0.3, -0.25) is 14.9 Å². The van der Waals surface area contributed by atoms with Gasteiger partial charge in [0.2, 0.25) is 5.91 Å². The van der Waals surface area contributed by atoms with Crippen molar-refractivity contribution in [3.63, 3.8) is 0 Å². The number of hydrogen-bond donors (Lipinski definition) is 1. The van der Waals surface area contributed by atoms with Crippen LogP contribution in [0.3, 0.4) is 0 Å². The van der Waals surface area contributed by atoms with Gasteiger partial charge in [0, 0.05) is 29.2 Å². The van der Waals surface area contributed by atoms with Gasteiger partial charge in [0.15, 0.2) is 0 Å². The number of hydrazone groups is 1. The molecule has 0 aliphatic rings. The van der Waals surface area contributed by atoms with Gasteiger partial charge in [-0.25, -0.2) is 5.43 Å². The van der Waals surface area contributed by atoms with E-state index in [1.807, 2.05) is 30.3 Å². The van der Waals surface area contributed by atoms with Crippen molar-refractivity contribution in [1.82, 2.24) is 5.43 Å². The van der Waals surface area contributed by atoms with Crippen LogP contribution in [0.25, 0.3) is 0 Å². The van der Waals surface area contributed by atoms with E-state index in [0.717, 1.165) is 10.5 Å². The van der Waals surface area contributed by atoms with Crippen molar-refractivity contribution in [3.8, 4) is 0 Å². The molecule has 0 aromatic heterocycles. The molecule has 0 unspecified atom stereocenters. The fourth-order valence-corrected chi connectivity index (χ4v) is 2.74. The molecule has 0 heterocycles. The van der Waals surface area contributed by atoms with Crippen molar-refractivity contribution in [2.45, 2.75) is 18.2 Å². The molecule has 124 valence electrons. The zero-order valence-corrected chi connectivity index (χ0v) is 14.0. The number of nitro groups is 1. The van der Waals surface area contributed by atoms with Gasteiger partial charge >= 0.3 is 0 Å². The number of rotatable bonds is 7. The fourth-order valence-electron chi connectivity index (χ4n) is 1.87. The minimum Gasteiger partial charge on any atom is -0.273 e. The normalized spacial score (nSPS) is 11.1. The van der Waals surface area contributed by atoms with Gasteiger partial charge in [-0.2, -0.15) is 5.10 Å². The van der Waals surface area contributed by atoms with Crippen LogP contribution in [-0.4, -0.2) is 22.3 Å². The van der Waals surface area contributed by atoms with Crippen LogP contribution in [-0.2, 0) is 4.79 Å². The van der Waals surface area contributed by atoms with E-state index in [0.29, 0.717) is 17.9 Å². The first kappa shape index (κ1) is 17.7. The summed E-state index contributed by atoms with van der Waals surface area (Å²) in [6.07, 6.45) is 0.358. The van der Waals surface area contributed by atoms with Crippen LogP contribution < -0.4 is 5.43 Å². The maximum absolute atomic E-state index is 11.8. The second-order valence-corrected chi connectivity index (χ2v) is 6.12. The van der Waals surface area contributed by atoms with Crippen LogP contribution >= 0.6 is 11.8 Å². The molecule has 24 heavy (non-hydrogen) atoms. The molecule has 0 bridgehead atoms. The lowest BCUT2D eigenvalue weighted by atomic mass is 10.1. The first-order chi connectivity index (χ1) is 11.6. The smallest absolute Gasteiger partial charge is 0.269 e. The highest BCUT2D eigenvalue weighted by atomic mass is 32.2. The number of nitrogens with one attached hydrogen (secondary N) is 1. The average Bonchev–Trinajstić information content (AvgIpc) is 2.60. The number of non-ortho nitro benzene ring substituents is 1. The van der Waals surface area contributed by atoms with Crippen LogP contribution in [0.1, 0.15) is 18.9 Å². The van der Waals surface area contributed by atoms with Gasteiger partial charge in [-0.1, -0.05) is 18.2 Å². The Morgan fingerprint density at radius 2 is 1.83 bits per heavy atom. The number of benzene rings is 2. The monoisotopic (exact) mass is 343 g/mol. The van der Waals surface area contributed by atoms with E-state index in [4.69, 9.17) is 0 Å². The fraction of sp³-hybridized carbons (Fsp3) is 0.176. The highest BCUT2D eigenvalue weighted by molar-refractivity contribution is 7.99. The maximum atomic E-state index is 11.8. The number of hydrogen-bond acceptors (Lipinski definition) is 5. The van der Waals surface area contributed by atoms with Crippen molar-refractivity contribution in [2.75, 3.05) is 5.75 Å².